The van der Waals surface area contributed by atoms with Gasteiger partial charge in [0.25, 0.3) is 0 Å². The number of nitrogens with one attached hydrogen (secondary N) is 1. The molecule has 0 heterocycles. The van der Waals surface area contributed by atoms with Crippen LogP contribution in [-0.4, -0.2) is 46.9 Å². The Bertz CT molecular complexity index is 1080. The van der Waals surface area contributed by atoms with Gasteiger partial charge in [0, 0.05) is 6.42 Å². The molecule has 1 amide bonds. The van der Waals surface area contributed by atoms with Crippen molar-refractivity contribution in [2.45, 2.75) is 264 Å². The van der Waals surface area contributed by atoms with Crippen molar-refractivity contribution in [3.05, 3.63) is 60.8 Å². The molecular weight excluding hydrogens is 743 g/mol. The fraction of sp³-hybridized carbons (Fsp3) is 0.778. The summed E-state index contributed by atoms with van der Waals surface area (Å²) in [4.78, 5) is 26.1. The second-order valence-electron chi connectivity index (χ2n) is 17.3. The minimum Gasteiger partial charge on any atom is -0.462 e. The zero-order valence-electron chi connectivity index (χ0n) is 39.6. The van der Waals surface area contributed by atoms with Gasteiger partial charge in [0.05, 0.1) is 25.2 Å². The number of aliphatic hydroxyl groups excluding tert-OH is 2. The van der Waals surface area contributed by atoms with Gasteiger partial charge in [0.1, 0.15) is 6.10 Å². The van der Waals surface area contributed by atoms with Gasteiger partial charge in [0.15, 0.2) is 0 Å². The predicted molar refractivity (Wildman–Crippen MR) is 259 cm³/mol. The van der Waals surface area contributed by atoms with E-state index in [1.165, 1.54) is 96.3 Å². The minimum atomic E-state index is -0.798. The molecule has 3 N–H and O–H groups in total. The number of allylic oxidation sites excluding steroid dienone is 10. The zero-order chi connectivity index (χ0) is 43.8. The Morgan fingerprint density at radius 3 is 1.40 bits per heavy atom. The molecule has 0 rings (SSSR count). The average Bonchev–Trinajstić information content (AvgIpc) is 3.24. The van der Waals surface area contributed by atoms with Crippen LogP contribution in [0.5, 0.6) is 0 Å². The summed E-state index contributed by atoms with van der Waals surface area (Å²) < 4.78 is 5.91. The molecule has 6 heteroatoms. The maximum absolute atomic E-state index is 13.2. The van der Waals surface area contributed by atoms with E-state index < -0.39 is 18.2 Å². The van der Waals surface area contributed by atoms with Crippen LogP contribution in [0.3, 0.4) is 0 Å². The van der Waals surface area contributed by atoms with E-state index in [4.69, 9.17) is 4.74 Å². The summed E-state index contributed by atoms with van der Waals surface area (Å²) in [5, 5.41) is 23.8. The first kappa shape index (κ1) is 57.6. The molecular formula is C54H97NO5. The molecule has 0 aromatic carbocycles. The molecule has 0 radical (unpaired) electrons. The number of esters is 1. The molecule has 348 valence electrons. The molecule has 0 aliphatic rings. The molecule has 0 saturated heterocycles. The molecule has 3 unspecified atom stereocenters. The number of hydrogen-bond donors (Lipinski definition) is 3. The fourth-order valence-corrected chi connectivity index (χ4v) is 7.54. The number of carbonyl (C=O) groups is 2. The highest BCUT2D eigenvalue weighted by Gasteiger charge is 2.24. The van der Waals surface area contributed by atoms with Crippen molar-refractivity contribution in [2.24, 2.45) is 0 Å². The van der Waals surface area contributed by atoms with Crippen molar-refractivity contribution < 1.29 is 24.5 Å². The number of aliphatic hydroxyl groups is 2. The monoisotopic (exact) mass is 840 g/mol. The Balaban J connectivity index is 4.60. The smallest absolute Gasteiger partial charge is 0.306 e. The lowest BCUT2D eigenvalue weighted by Crippen LogP contribution is -2.46. The van der Waals surface area contributed by atoms with Crippen molar-refractivity contribution >= 4 is 11.9 Å². The highest BCUT2D eigenvalue weighted by Crippen LogP contribution is 2.17. The Morgan fingerprint density at radius 2 is 0.900 bits per heavy atom. The van der Waals surface area contributed by atoms with E-state index in [1.807, 2.05) is 0 Å². The Kier molecular flexibility index (Phi) is 45.7. The topological polar surface area (TPSA) is 95.9 Å². The summed E-state index contributed by atoms with van der Waals surface area (Å²) in [6, 6.07) is -0.713. The van der Waals surface area contributed by atoms with Gasteiger partial charge in [-0.25, -0.2) is 0 Å². The lowest BCUT2D eigenvalue weighted by Gasteiger charge is -2.24. The van der Waals surface area contributed by atoms with E-state index in [0.29, 0.717) is 19.3 Å². The molecule has 0 aromatic rings. The van der Waals surface area contributed by atoms with Crippen LogP contribution in [0.15, 0.2) is 60.8 Å². The van der Waals surface area contributed by atoms with Gasteiger partial charge in [-0.05, 0) is 70.6 Å². The Morgan fingerprint density at radius 1 is 0.500 bits per heavy atom. The third-order valence-corrected chi connectivity index (χ3v) is 11.4. The summed E-state index contributed by atoms with van der Waals surface area (Å²) in [6.45, 7) is 6.31. The molecule has 0 fully saturated rings. The highest BCUT2D eigenvalue weighted by atomic mass is 16.5. The standard InChI is InChI=1S/C54H97NO5/c1-4-7-10-13-16-19-22-25-26-29-31-34-37-40-43-46-52(57)51(49-56)55-53(58)48-50(45-42-39-36-33-30-27-23-20-17-14-11-8-5-2)60-54(59)47-44-41-38-35-32-28-24-21-18-15-12-9-6-3/h9,12,15,17-18,20-21,23-24,27,50-52,56-57H,4-8,10-11,13-14,16,19,22,25-26,28-49H2,1-3H3,(H,55,58)/b12-9+,18-15+,20-17+,24-21-,27-23+. The lowest BCUT2D eigenvalue weighted by molar-refractivity contribution is -0.151. The molecule has 0 aromatic heterocycles. The first-order valence-electron chi connectivity index (χ1n) is 25.6. The van der Waals surface area contributed by atoms with Crippen molar-refractivity contribution in [3.8, 4) is 0 Å². The van der Waals surface area contributed by atoms with Crippen LogP contribution >= 0.6 is 0 Å². The van der Waals surface area contributed by atoms with Gasteiger partial charge in [0.2, 0.25) is 5.91 Å². The number of amides is 1. The molecule has 0 saturated carbocycles. The maximum atomic E-state index is 13.2. The van der Waals surface area contributed by atoms with Gasteiger partial charge in [-0.2, -0.15) is 0 Å². The molecule has 60 heavy (non-hydrogen) atoms. The van der Waals surface area contributed by atoms with Crippen LogP contribution in [0, 0.1) is 0 Å². The Hall–Kier alpha value is -2.44. The van der Waals surface area contributed by atoms with E-state index in [1.54, 1.807) is 0 Å². The number of carbonyl (C=O) groups excluding carboxylic acids is 2. The number of unbranched alkanes of at least 4 members (excludes halogenated alkanes) is 26. The summed E-state index contributed by atoms with van der Waals surface area (Å²) in [7, 11) is 0. The molecule has 0 aliphatic heterocycles. The number of hydrogen-bond acceptors (Lipinski definition) is 5. The predicted octanol–water partition coefficient (Wildman–Crippen LogP) is 15.2. The molecule has 6 nitrogen and oxygen atoms in total. The van der Waals surface area contributed by atoms with Gasteiger partial charge in [-0.3, -0.25) is 9.59 Å². The van der Waals surface area contributed by atoms with Crippen LogP contribution in [0.25, 0.3) is 0 Å². The minimum absolute atomic E-state index is 0.0544. The largest absolute Gasteiger partial charge is 0.462 e. The van der Waals surface area contributed by atoms with Crippen molar-refractivity contribution in [1.82, 2.24) is 5.32 Å². The van der Waals surface area contributed by atoms with E-state index in [9.17, 15) is 19.8 Å². The van der Waals surface area contributed by atoms with Crippen molar-refractivity contribution in [2.75, 3.05) is 6.61 Å². The highest BCUT2D eigenvalue weighted by molar-refractivity contribution is 5.77. The van der Waals surface area contributed by atoms with E-state index >= 15 is 0 Å². The van der Waals surface area contributed by atoms with Gasteiger partial charge < -0.3 is 20.3 Å². The summed E-state index contributed by atoms with van der Waals surface area (Å²) in [6.07, 6.45) is 58.5. The second-order valence-corrected chi connectivity index (χ2v) is 17.3. The quantitative estimate of drug-likeness (QED) is 0.0322. The third kappa shape index (κ3) is 42.3. The summed E-state index contributed by atoms with van der Waals surface area (Å²) >= 11 is 0. The second kappa shape index (κ2) is 47.6. The molecule has 0 bridgehead atoms. The molecule has 3 atom stereocenters. The van der Waals surface area contributed by atoms with Gasteiger partial charge in [-0.15, -0.1) is 0 Å². The summed E-state index contributed by atoms with van der Waals surface area (Å²) in [5.41, 5.74) is 0. The average molecular weight is 840 g/mol. The molecule has 0 aliphatic carbocycles. The first-order valence-corrected chi connectivity index (χ1v) is 25.6. The van der Waals surface area contributed by atoms with Crippen LogP contribution in [0.1, 0.15) is 245 Å². The van der Waals surface area contributed by atoms with E-state index in [-0.39, 0.29) is 24.9 Å². The van der Waals surface area contributed by atoms with Gasteiger partial charge >= 0.3 is 5.97 Å². The van der Waals surface area contributed by atoms with Crippen LogP contribution in [-0.2, 0) is 14.3 Å². The van der Waals surface area contributed by atoms with Crippen molar-refractivity contribution in [3.63, 3.8) is 0 Å². The third-order valence-electron chi connectivity index (χ3n) is 11.4. The van der Waals surface area contributed by atoms with Gasteiger partial charge in [-0.1, -0.05) is 223 Å². The van der Waals surface area contributed by atoms with Crippen molar-refractivity contribution in [1.29, 1.82) is 0 Å². The van der Waals surface area contributed by atoms with E-state index in [0.717, 1.165) is 103 Å². The maximum Gasteiger partial charge on any atom is 0.306 e. The SMILES string of the molecule is CC/C=C/C=C/C=C\CCCCCCCC(=O)OC(CCCCCC/C=C/C=C/CCCCC)CC(=O)NC(CO)C(O)CCCCCCCCCCCCCCCCC. The van der Waals surface area contributed by atoms with Crippen LogP contribution < -0.4 is 5.32 Å². The fourth-order valence-electron chi connectivity index (χ4n) is 7.54. The number of rotatable bonds is 45. The Labute approximate surface area is 371 Å². The zero-order valence-corrected chi connectivity index (χ0v) is 39.6. The van der Waals surface area contributed by atoms with Crippen LogP contribution in [0.4, 0.5) is 0 Å². The summed E-state index contributed by atoms with van der Waals surface area (Å²) in [5.74, 6) is -0.517. The normalized spacial score (nSPS) is 13.8. The first-order chi connectivity index (χ1) is 29.5. The lowest BCUT2D eigenvalue weighted by atomic mass is 10.0. The van der Waals surface area contributed by atoms with E-state index in [2.05, 4.69) is 86.8 Å². The number of ether oxygens (including phenoxy) is 1. The van der Waals surface area contributed by atoms with Crippen LogP contribution in [0.2, 0.25) is 0 Å². The molecule has 0 spiro atoms.